The molecule has 2 aromatic rings. The zero-order chi connectivity index (χ0) is 18.5. The lowest BCUT2D eigenvalue weighted by Crippen LogP contribution is -2.47. The number of rotatable bonds is 7. The van der Waals surface area contributed by atoms with Crippen LogP contribution in [0.15, 0.2) is 41.1 Å². The van der Waals surface area contributed by atoms with Crippen molar-refractivity contribution in [3.05, 3.63) is 53.7 Å². The van der Waals surface area contributed by atoms with Gasteiger partial charge in [0.25, 0.3) is 0 Å². The van der Waals surface area contributed by atoms with Crippen LogP contribution in [0.4, 0.5) is 0 Å². The van der Waals surface area contributed by atoms with Gasteiger partial charge in [0.15, 0.2) is 0 Å². The molecule has 27 heavy (non-hydrogen) atoms. The molecule has 0 saturated carbocycles. The van der Waals surface area contributed by atoms with Crippen LogP contribution in [0.3, 0.4) is 0 Å². The number of likely N-dealkylation sites (tertiary alicyclic amines) is 1. The molecule has 0 amide bonds. The Hall–Kier alpha value is -1.69. The Morgan fingerprint density at radius 1 is 1.26 bits per heavy atom. The molecule has 1 atom stereocenters. The second kappa shape index (κ2) is 8.55. The SMILES string of the molecule is Cc1ccc(CN2CCC3(CC2)OCC[C@H]3CCOCc2cccnc2)o1. The monoisotopic (exact) mass is 370 g/mol. The van der Waals surface area contributed by atoms with Crippen molar-refractivity contribution in [1.82, 2.24) is 9.88 Å². The fraction of sp³-hybridized carbons (Fsp3) is 0.591. The van der Waals surface area contributed by atoms with Crippen LogP contribution in [0.25, 0.3) is 0 Å². The minimum Gasteiger partial charge on any atom is -0.465 e. The maximum Gasteiger partial charge on any atom is 0.118 e. The van der Waals surface area contributed by atoms with Gasteiger partial charge in [0, 0.05) is 38.7 Å². The molecule has 2 saturated heterocycles. The van der Waals surface area contributed by atoms with Crippen molar-refractivity contribution >= 4 is 0 Å². The van der Waals surface area contributed by atoms with Crippen molar-refractivity contribution in [2.24, 2.45) is 5.92 Å². The van der Waals surface area contributed by atoms with Crippen molar-refractivity contribution in [3.8, 4) is 0 Å². The Kier molecular flexibility index (Phi) is 5.91. The summed E-state index contributed by atoms with van der Waals surface area (Å²) in [6.07, 6.45) is 8.13. The fourth-order valence-electron chi connectivity index (χ4n) is 4.52. The first kappa shape index (κ1) is 18.7. The van der Waals surface area contributed by atoms with Gasteiger partial charge in [-0.3, -0.25) is 9.88 Å². The summed E-state index contributed by atoms with van der Waals surface area (Å²) in [5.41, 5.74) is 1.20. The first-order valence-electron chi connectivity index (χ1n) is 10.1. The molecule has 0 aliphatic carbocycles. The van der Waals surface area contributed by atoms with E-state index in [1.54, 1.807) is 6.20 Å². The van der Waals surface area contributed by atoms with Gasteiger partial charge in [-0.25, -0.2) is 0 Å². The lowest BCUT2D eigenvalue weighted by atomic mass is 9.78. The summed E-state index contributed by atoms with van der Waals surface area (Å²) in [6.45, 7) is 7.39. The lowest BCUT2D eigenvalue weighted by Gasteiger charge is -2.42. The largest absolute Gasteiger partial charge is 0.465 e. The van der Waals surface area contributed by atoms with E-state index in [-0.39, 0.29) is 5.60 Å². The number of aryl methyl sites for hydroxylation is 1. The summed E-state index contributed by atoms with van der Waals surface area (Å²) in [6, 6.07) is 8.15. The maximum atomic E-state index is 6.30. The number of pyridine rings is 1. The van der Waals surface area contributed by atoms with Crippen LogP contribution in [0.1, 0.15) is 42.8 Å². The molecular weight excluding hydrogens is 340 g/mol. The molecule has 4 rings (SSSR count). The van der Waals surface area contributed by atoms with Gasteiger partial charge in [-0.2, -0.15) is 0 Å². The number of ether oxygens (including phenoxy) is 2. The Morgan fingerprint density at radius 2 is 2.15 bits per heavy atom. The fourth-order valence-corrected chi connectivity index (χ4v) is 4.52. The van der Waals surface area contributed by atoms with Gasteiger partial charge >= 0.3 is 0 Å². The van der Waals surface area contributed by atoms with Crippen molar-refractivity contribution < 1.29 is 13.9 Å². The second-order valence-electron chi connectivity index (χ2n) is 7.89. The quantitative estimate of drug-likeness (QED) is 0.691. The van der Waals surface area contributed by atoms with Crippen LogP contribution in [0.5, 0.6) is 0 Å². The molecule has 2 aliphatic rings. The molecule has 5 heteroatoms. The molecule has 4 heterocycles. The summed E-state index contributed by atoms with van der Waals surface area (Å²) >= 11 is 0. The number of nitrogens with zero attached hydrogens (tertiary/aromatic N) is 2. The molecule has 1 spiro atoms. The molecule has 2 aliphatic heterocycles. The number of piperidine rings is 1. The van der Waals surface area contributed by atoms with Gasteiger partial charge in [0.2, 0.25) is 0 Å². The summed E-state index contributed by atoms with van der Waals surface area (Å²) in [5.74, 6) is 2.67. The van der Waals surface area contributed by atoms with Crippen LogP contribution in [-0.2, 0) is 22.6 Å². The van der Waals surface area contributed by atoms with Crippen molar-refractivity contribution in [2.45, 2.75) is 51.4 Å². The third kappa shape index (κ3) is 4.60. The topological polar surface area (TPSA) is 47.7 Å². The average Bonchev–Trinajstić information content (AvgIpc) is 3.28. The molecule has 0 radical (unpaired) electrons. The predicted octanol–water partition coefficient (Wildman–Crippen LogP) is 3.96. The molecule has 0 bridgehead atoms. The van der Waals surface area contributed by atoms with Crippen molar-refractivity contribution in [2.75, 3.05) is 26.3 Å². The third-order valence-corrected chi connectivity index (χ3v) is 6.08. The summed E-state index contributed by atoms with van der Waals surface area (Å²) in [7, 11) is 0. The summed E-state index contributed by atoms with van der Waals surface area (Å²) in [4.78, 5) is 6.62. The molecule has 0 unspecified atom stereocenters. The highest BCUT2D eigenvalue weighted by molar-refractivity contribution is 5.07. The predicted molar refractivity (Wildman–Crippen MR) is 103 cm³/mol. The maximum absolute atomic E-state index is 6.30. The van der Waals surface area contributed by atoms with E-state index in [9.17, 15) is 0 Å². The van der Waals surface area contributed by atoms with E-state index < -0.39 is 0 Å². The number of furan rings is 1. The first-order valence-corrected chi connectivity index (χ1v) is 10.1. The Balaban J connectivity index is 1.23. The van der Waals surface area contributed by atoms with Gasteiger partial charge < -0.3 is 13.9 Å². The van der Waals surface area contributed by atoms with Crippen LogP contribution in [0, 0.1) is 12.8 Å². The van der Waals surface area contributed by atoms with Crippen LogP contribution >= 0.6 is 0 Å². The molecule has 0 N–H and O–H groups in total. The summed E-state index contributed by atoms with van der Waals surface area (Å²) < 4.78 is 17.9. The minimum absolute atomic E-state index is 0.0627. The van der Waals surface area contributed by atoms with E-state index in [1.165, 1.54) is 0 Å². The molecule has 0 aromatic carbocycles. The van der Waals surface area contributed by atoms with E-state index in [0.29, 0.717) is 12.5 Å². The minimum atomic E-state index is 0.0627. The smallest absolute Gasteiger partial charge is 0.118 e. The molecule has 2 fully saturated rings. The van der Waals surface area contributed by atoms with E-state index in [1.807, 2.05) is 25.3 Å². The Labute approximate surface area is 161 Å². The number of aromatic nitrogens is 1. The van der Waals surface area contributed by atoms with Gasteiger partial charge in [-0.1, -0.05) is 6.07 Å². The van der Waals surface area contributed by atoms with E-state index in [4.69, 9.17) is 13.9 Å². The molecule has 146 valence electrons. The zero-order valence-corrected chi connectivity index (χ0v) is 16.2. The third-order valence-electron chi connectivity index (χ3n) is 6.08. The standard InChI is InChI=1S/C22H30N2O3/c1-18-4-5-21(27-18)16-24-11-8-22(9-12-24)20(7-14-26-22)6-13-25-17-19-3-2-10-23-15-19/h2-5,10,15,20H,6-9,11-14,16-17H2,1H3/t20-/m1/s1. The normalized spacial score (nSPS) is 22.5. The number of hydrogen-bond acceptors (Lipinski definition) is 5. The summed E-state index contributed by atoms with van der Waals surface area (Å²) in [5, 5.41) is 0. The molecule has 5 nitrogen and oxygen atoms in total. The van der Waals surface area contributed by atoms with Crippen LogP contribution in [0.2, 0.25) is 0 Å². The van der Waals surface area contributed by atoms with E-state index in [2.05, 4.69) is 22.0 Å². The Bertz CT molecular complexity index is 707. The van der Waals surface area contributed by atoms with Crippen LogP contribution < -0.4 is 0 Å². The van der Waals surface area contributed by atoms with Crippen molar-refractivity contribution in [1.29, 1.82) is 0 Å². The highest BCUT2D eigenvalue weighted by Gasteiger charge is 2.45. The highest BCUT2D eigenvalue weighted by atomic mass is 16.5. The Morgan fingerprint density at radius 3 is 2.89 bits per heavy atom. The van der Waals surface area contributed by atoms with Crippen molar-refractivity contribution in [3.63, 3.8) is 0 Å². The second-order valence-corrected chi connectivity index (χ2v) is 7.89. The highest BCUT2D eigenvalue weighted by Crippen LogP contribution is 2.42. The average molecular weight is 370 g/mol. The van der Waals surface area contributed by atoms with Crippen LogP contribution in [-0.4, -0.2) is 41.8 Å². The lowest BCUT2D eigenvalue weighted by molar-refractivity contribution is -0.0740. The van der Waals surface area contributed by atoms with E-state index >= 15 is 0 Å². The van der Waals surface area contributed by atoms with Gasteiger partial charge in [-0.05, 0) is 62.3 Å². The zero-order valence-electron chi connectivity index (χ0n) is 16.2. The number of hydrogen-bond donors (Lipinski definition) is 0. The van der Waals surface area contributed by atoms with Gasteiger partial charge in [0.1, 0.15) is 11.5 Å². The molecule has 2 aromatic heterocycles. The van der Waals surface area contributed by atoms with Gasteiger partial charge in [-0.15, -0.1) is 0 Å². The van der Waals surface area contributed by atoms with Gasteiger partial charge in [0.05, 0.1) is 18.8 Å². The van der Waals surface area contributed by atoms with E-state index in [0.717, 1.165) is 75.6 Å². The molecular formula is C22H30N2O3. The first-order chi connectivity index (χ1) is 13.2.